The molecular weight excluding hydrogens is 386 g/mol. The van der Waals surface area contributed by atoms with Gasteiger partial charge in [0.05, 0.1) is 5.38 Å². The van der Waals surface area contributed by atoms with Gasteiger partial charge in [-0.1, -0.05) is 0 Å². The molecule has 0 bridgehead atoms. The molecule has 0 radical (unpaired) electrons. The fourth-order valence-electron chi connectivity index (χ4n) is 5.74. The van der Waals surface area contributed by atoms with E-state index in [1.807, 2.05) is 0 Å². The van der Waals surface area contributed by atoms with Crippen LogP contribution in [0.4, 0.5) is 4.39 Å². The van der Waals surface area contributed by atoms with Crippen LogP contribution < -0.4 is 10.9 Å². The highest BCUT2D eigenvalue weighted by molar-refractivity contribution is 6.24. The van der Waals surface area contributed by atoms with Crippen molar-refractivity contribution < 1.29 is 4.39 Å². The Balaban J connectivity index is 1.24. The van der Waals surface area contributed by atoms with Gasteiger partial charge in [0, 0.05) is 62.6 Å². The van der Waals surface area contributed by atoms with Crippen molar-refractivity contribution in [1.29, 1.82) is 0 Å². The summed E-state index contributed by atoms with van der Waals surface area (Å²) in [6.45, 7) is 6.67. The lowest BCUT2D eigenvalue weighted by atomic mass is 9.79. The molecule has 2 heterocycles. The number of nitrogens with one attached hydrogen (secondary N) is 2. The lowest BCUT2D eigenvalue weighted by Gasteiger charge is -2.44. The monoisotopic (exact) mass is 420 g/mol. The van der Waals surface area contributed by atoms with Crippen LogP contribution in [0, 0.1) is 11.8 Å². The van der Waals surface area contributed by atoms with Crippen LogP contribution in [0.1, 0.15) is 44.9 Å². The van der Waals surface area contributed by atoms with Crippen LogP contribution >= 0.6 is 23.2 Å². The van der Waals surface area contributed by atoms with Gasteiger partial charge in [0.15, 0.2) is 0 Å². The molecule has 4 rings (SSSR count). The van der Waals surface area contributed by atoms with E-state index in [0.29, 0.717) is 23.9 Å². The lowest BCUT2D eigenvalue weighted by molar-refractivity contribution is 0.0682. The quantitative estimate of drug-likeness (QED) is 0.684. The summed E-state index contributed by atoms with van der Waals surface area (Å²) in [6.07, 6.45) is 6.17. The van der Waals surface area contributed by atoms with Crippen molar-refractivity contribution in [1.82, 2.24) is 20.7 Å². The third-order valence-corrected chi connectivity index (χ3v) is 8.26. The summed E-state index contributed by atoms with van der Waals surface area (Å²) in [4.78, 5) is 5.22. The number of hydrogen-bond donors (Lipinski definition) is 2. The summed E-state index contributed by atoms with van der Waals surface area (Å²) >= 11 is 12.9. The zero-order valence-electron chi connectivity index (χ0n) is 16.3. The normalized spacial score (nSPS) is 45.2. The first-order valence-electron chi connectivity index (χ1n) is 11.0. The summed E-state index contributed by atoms with van der Waals surface area (Å²) in [5, 5.41) is 0.461. The summed E-state index contributed by atoms with van der Waals surface area (Å²) < 4.78 is 13.5. The molecule has 0 spiro atoms. The van der Waals surface area contributed by atoms with E-state index >= 15 is 0 Å². The number of nitrogens with zero attached hydrogens (tertiary/aromatic N) is 2. The fourth-order valence-corrected chi connectivity index (χ4v) is 6.65. The summed E-state index contributed by atoms with van der Waals surface area (Å²) in [5.74, 6) is 1.26. The first-order chi connectivity index (χ1) is 13.1. The van der Waals surface area contributed by atoms with Crippen LogP contribution in [0.5, 0.6) is 0 Å². The zero-order valence-corrected chi connectivity index (χ0v) is 17.8. The highest BCUT2D eigenvalue weighted by Gasteiger charge is 2.38. The first-order valence-corrected chi connectivity index (χ1v) is 11.8. The Labute approximate surface area is 173 Å². The molecule has 4 aliphatic rings. The maximum Gasteiger partial charge on any atom is 0.100 e. The molecule has 2 aliphatic carbocycles. The molecule has 5 unspecified atom stereocenters. The number of hydrazine groups is 1. The van der Waals surface area contributed by atoms with Crippen molar-refractivity contribution in [3.63, 3.8) is 0 Å². The summed E-state index contributed by atoms with van der Waals surface area (Å²) in [7, 11) is 0. The minimum atomic E-state index is -0.568. The zero-order chi connectivity index (χ0) is 18.8. The second-order valence-electron chi connectivity index (χ2n) is 9.15. The van der Waals surface area contributed by atoms with Crippen LogP contribution in [0.15, 0.2) is 0 Å². The van der Waals surface area contributed by atoms with E-state index in [-0.39, 0.29) is 10.8 Å². The van der Waals surface area contributed by atoms with Gasteiger partial charge in [0.2, 0.25) is 0 Å². The molecule has 4 nitrogen and oxygen atoms in total. The van der Waals surface area contributed by atoms with E-state index < -0.39 is 6.17 Å². The molecule has 156 valence electrons. The molecule has 27 heavy (non-hydrogen) atoms. The number of hydrogen-bond acceptors (Lipinski definition) is 4. The Morgan fingerprint density at radius 1 is 0.926 bits per heavy atom. The average molecular weight is 421 g/mol. The Morgan fingerprint density at radius 2 is 1.67 bits per heavy atom. The van der Waals surface area contributed by atoms with Crippen LogP contribution in [-0.2, 0) is 0 Å². The first kappa shape index (κ1) is 20.6. The minimum absolute atomic E-state index is 0.200. The van der Waals surface area contributed by atoms with Crippen molar-refractivity contribution in [2.75, 3.05) is 39.3 Å². The Bertz CT molecular complexity index is 469. The van der Waals surface area contributed by atoms with Gasteiger partial charge in [0.1, 0.15) is 6.17 Å². The van der Waals surface area contributed by atoms with Crippen molar-refractivity contribution in [2.45, 2.75) is 74.0 Å². The van der Waals surface area contributed by atoms with E-state index in [9.17, 15) is 4.39 Å². The predicted molar refractivity (Wildman–Crippen MR) is 110 cm³/mol. The number of rotatable bonds is 4. The third kappa shape index (κ3) is 5.10. The van der Waals surface area contributed by atoms with Crippen molar-refractivity contribution in [3.05, 3.63) is 0 Å². The Morgan fingerprint density at radius 3 is 2.37 bits per heavy atom. The topological polar surface area (TPSA) is 30.5 Å². The molecule has 0 aromatic carbocycles. The molecule has 2 N–H and O–H groups in total. The predicted octanol–water partition coefficient (Wildman–Crippen LogP) is 2.99. The Hall–Kier alpha value is 0.350. The standard InChI is InChI=1S/C20H35Cl2FN4/c21-16-3-6-19(18(22)11-16)27-9-7-26(8-10-27)13-15-12-24-25-20(15)14-1-4-17(23)5-2-14/h14-20,24-25H,1-13H2. The molecule has 7 heteroatoms. The molecule has 0 aromatic heterocycles. The van der Waals surface area contributed by atoms with Gasteiger partial charge >= 0.3 is 0 Å². The number of piperazine rings is 1. The maximum atomic E-state index is 13.5. The van der Waals surface area contributed by atoms with Gasteiger partial charge < -0.3 is 4.90 Å². The highest BCUT2D eigenvalue weighted by Crippen LogP contribution is 2.33. The van der Waals surface area contributed by atoms with E-state index in [0.717, 1.165) is 84.2 Å². The summed E-state index contributed by atoms with van der Waals surface area (Å²) in [6, 6.07) is 1.00. The SMILES string of the molecule is FC1CCC(C2NNCC2CN2CCN(C3CCC(Cl)CC3Cl)CC2)CC1. The smallest absolute Gasteiger partial charge is 0.100 e. The van der Waals surface area contributed by atoms with E-state index in [4.69, 9.17) is 23.2 Å². The second kappa shape index (κ2) is 9.44. The van der Waals surface area contributed by atoms with Crippen molar-refractivity contribution in [2.24, 2.45) is 11.8 Å². The van der Waals surface area contributed by atoms with Gasteiger partial charge in [-0.2, -0.15) is 0 Å². The molecule has 2 saturated carbocycles. The van der Waals surface area contributed by atoms with Crippen molar-refractivity contribution >= 4 is 23.2 Å². The molecule has 0 amide bonds. The molecule has 0 aromatic rings. The van der Waals surface area contributed by atoms with Gasteiger partial charge in [-0.05, 0) is 50.9 Å². The van der Waals surface area contributed by atoms with Crippen molar-refractivity contribution in [3.8, 4) is 0 Å². The summed E-state index contributed by atoms with van der Waals surface area (Å²) in [5.41, 5.74) is 6.89. The average Bonchev–Trinajstić information content (AvgIpc) is 3.11. The fraction of sp³-hybridized carbons (Fsp3) is 1.00. The largest absolute Gasteiger partial charge is 0.300 e. The lowest BCUT2D eigenvalue weighted by Crippen LogP contribution is -2.55. The maximum absolute atomic E-state index is 13.5. The molecule has 5 atom stereocenters. The highest BCUT2D eigenvalue weighted by atomic mass is 35.5. The van der Waals surface area contributed by atoms with Crippen LogP contribution in [0.25, 0.3) is 0 Å². The number of halogens is 3. The second-order valence-corrected chi connectivity index (χ2v) is 10.3. The van der Waals surface area contributed by atoms with Crippen LogP contribution in [0.2, 0.25) is 0 Å². The van der Waals surface area contributed by atoms with E-state index in [1.165, 1.54) is 0 Å². The van der Waals surface area contributed by atoms with Crippen LogP contribution in [0.3, 0.4) is 0 Å². The molecular formula is C20H35Cl2FN4. The molecule has 4 fully saturated rings. The van der Waals surface area contributed by atoms with Crippen LogP contribution in [-0.4, -0.2) is 78.1 Å². The van der Waals surface area contributed by atoms with E-state index in [2.05, 4.69) is 20.7 Å². The number of alkyl halides is 3. The van der Waals surface area contributed by atoms with E-state index in [1.54, 1.807) is 0 Å². The molecule has 2 aliphatic heterocycles. The van der Waals surface area contributed by atoms with Gasteiger partial charge in [-0.3, -0.25) is 15.8 Å². The van der Waals surface area contributed by atoms with Gasteiger partial charge in [-0.15, -0.1) is 23.2 Å². The van der Waals surface area contributed by atoms with Gasteiger partial charge in [-0.25, -0.2) is 4.39 Å². The van der Waals surface area contributed by atoms with Gasteiger partial charge in [0.25, 0.3) is 0 Å². The minimum Gasteiger partial charge on any atom is -0.300 e. The Kier molecular flexibility index (Phi) is 7.21. The molecule has 2 saturated heterocycles. The third-order valence-electron chi connectivity index (χ3n) is 7.39.